The quantitative estimate of drug-likeness (QED) is 0.576. The largest absolute Gasteiger partial charge is 0.207 e. The number of benzene rings is 2. The first-order chi connectivity index (χ1) is 9.47. The Morgan fingerprint density at radius 2 is 1.75 bits per heavy atom. The van der Waals surface area contributed by atoms with Crippen LogP contribution in [0.25, 0.3) is 0 Å². The highest BCUT2D eigenvalue weighted by Crippen LogP contribution is 2.35. The summed E-state index contributed by atoms with van der Waals surface area (Å²) in [6, 6.07) is 13.0. The molecule has 2 rings (SSSR count). The Balaban J connectivity index is 2.22. The average molecular weight is 356 g/mol. The molecular weight excluding hydrogens is 339 g/mol. The molecule has 0 amide bonds. The Labute approximate surface area is 133 Å². The van der Waals surface area contributed by atoms with Gasteiger partial charge in [-0.3, -0.25) is 0 Å². The van der Waals surface area contributed by atoms with E-state index in [1.165, 1.54) is 17.7 Å². The van der Waals surface area contributed by atoms with E-state index in [0.29, 0.717) is 10.9 Å². The minimum atomic E-state index is -0.314. The average Bonchev–Trinajstić information content (AvgIpc) is 2.38. The van der Waals surface area contributed by atoms with Crippen molar-refractivity contribution in [2.45, 2.75) is 25.1 Å². The van der Waals surface area contributed by atoms with Gasteiger partial charge in [0.1, 0.15) is 5.82 Å². The molecule has 0 aromatic heterocycles. The third-order valence-corrected chi connectivity index (χ3v) is 4.50. The second-order valence-corrected chi connectivity index (χ2v) is 6.69. The summed E-state index contributed by atoms with van der Waals surface area (Å²) in [5.74, 6) is 0.331. The van der Waals surface area contributed by atoms with Crippen molar-refractivity contribution in [2.24, 2.45) is 5.92 Å². The van der Waals surface area contributed by atoms with Crippen LogP contribution in [0.2, 0.25) is 5.02 Å². The van der Waals surface area contributed by atoms with Crippen molar-refractivity contribution in [3.05, 3.63) is 70.0 Å². The van der Waals surface area contributed by atoms with Crippen LogP contribution in [0.1, 0.15) is 35.4 Å². The molecule has 0 aliphatic carbocycles. The Morgan fingerprint density at radius 1 is 1.10 bits per heavy atom. The van der Waals surface area contributed by atoms with Gasteiger partial charge >= 0.3 is 0 Å². The molecule has 0 N–H and O–H groups in total. The fraction of sp³-hybridized carbons (Fsp3) is 0.294. The molecule has 20 heavy (non-hydrogen) atoms. The summed E-state index contributed by atoms with van der Waals surface area (Å²) in [6.07, 6.45) is 1.07. The van der Waals surface area contributed by atoms with Gasteiger partial charge in [0.25, 0.3) is 0 Å². The molecule has 0 aliphatic heterocycles. The molecule has 3 heteroatoms. The summed E-state index contributed by atoms with van der Waals surface area (Å²) < 4.78 is 13.1. The Morgan fingerprint density at radius 3 is 2.30 bits per heavy atom. The van der Waals surface area contributed by atoms with Crippen molar-refractivity contribution in [3.63, 3.8) is 0 Å². The Kier molecular flexibility index (Phi) is 5.22. The highest BCUT2D eigenvalue weighted by atomic mass is 79.9. The van der Waals surface area contributed by atoms with E-state index >= 15 is 0 Å². The number of hydrogen-bond acceptors (Lipinski definition) is 0. The van der Waals surface area contributed by atoms with Gasteiger partial charge in [-0.15, -0.1) is 0 Å². The predicted molar refractivity (Wildman–Crippen MR) is 87.2 cm³/mol. The summed E-state index contributed by atoms with van der Waals surface area (Å²) in [5, 5.41) is 0.443. The normalized spacial score (nSPS) is 12.7. The van der Waals surface area contributed by atoms with Crippen LogP contribution >= 0.6 is 27.5 Å². The van der Waals surface area contributed by atoms with Gasteiger partial charge < -0.3 is 0 Å². The first-order valence-electron chi connectivity index (χ1n) is 6.65. The van der Waals surface area contributed by atoms with Gasteiger partial charge in [0, 0.05) is 5.02 Å². The fourth-order valence-corrected chi connectivity index (χ4v) is 3.29. The van der Waals surface area contributed by atoms with Crippen molar-refractivity contribution >= 4 is 27.5 Å². The maximum absolute atomic E-state index is 13.1. The van der Waals surface area contributed by atoms with Crippen molar-refractivity contribution in [1.82, 2.24) is 0 Å². The lowest BCUT2D eigenvalue weighted by molar-refractivity contribution is 0.627. The molecule has 2 aromatic carbocycles. The zero-order valence-corrected chi connectivity index (χ0v) is 13.9. The molecule has 0 saturated heterocycles. The molecule has 0 aliphatic rings. The third kappa shape index (κ3) is 3.83. The minimum absolute atomic E-state index is 0.0244. The van der Waals surface area contributed by atoms with E-state index in [1.807, 2.05) is 0 Å². The highest BCUT2D eigenvalue weighted by molar-refractivity contribution is 9.09. The number of alkyl halides is 1. The van der Waals surface area contributed by atoms with Gasteiger partial charge in [-0.2, -0.15) is 0 Å². The van der Waals surface area contributed by atoms with Crippen LogP contribution in [0.4, 0.5) is 4.39 Å². The second-order valence-electron chi connectivity index (χ2n) is 5.37. The van der Waals surface area contributed by atoms with E-state index in [0.717, 1.165) is 17.5 Å². The van der Waals surface area contributed by atoms with Crippen molar-refractivity contribution in [3.8, 4) is 0 Å². The molecule has 0 nitrogen and oxygen atoms in total. The van der Waals surface area contributed by atoms with Gasteiger partial charge in [-0.05, 0) is 41.2 Å². The topological polar surface area (TPSA) is 0 Å². The van der Waals surface area contributed by atoms with Crippen molar-refractivity contribution in [2.75, 3.05) is 0 Å². The minimum Gasteiger partial charge on any atom is -0.207 e. The van der Waals surface area contributed by atoms with Crippen molar-refractivity contribution in [1.29, 1.82) is 0 Å². The van der Waals surface area contributed by atoms with Gasteiger partial charge in [0.15, 0.2) is 0 Å². The lowest BCUT2D eigenvalue weighted by atomic mass is 9.99. The SMILES string of the molecule is CC(C)Cc1ccc(C(Br)c2ccc(F)cc2Cl)cc1. The predicted octanol–water partition coefficient (Wildman–Crippen LogP) is 6.16. The van der Waals surface area contributed by atoms with Gasteiger partial charge in [0.2, 0.25) is 0 Å². The van der Waals surface area contributed by atoms with Gasteiger partial charge in [-0.25, -0.2) is 4.39 Å². The lowest BCUT2D eigenvalue weighted by Gasteiger charge is -2.13. The summed E-state index contributed by atoms with van der Waals surface area (Å²) in [5.41, 5.74) is 3.32. The van der Waals surface area contributed by atoms with Crippen LogP contribution in [-0.2, 0) is 6.42 Å². The molecular formula is C17H17BrClF. The van der Waals surface area contributed by atoms with E-state index < -0.39 is 0 Å². The maximum atomic E-state index is 13.1. The molecule has 0 radical (unpaired) electrons. The van der Waals surface area contributed by atoms with E-state index in [4.69, 9.17) is 11.6 Å². The first kappa shape index (κ1) is 15.5. The lowest BCUT2D eigenvalue weighted by Crippen LogP contribution is -1.97. The molecule has 1 unspecified atom stereocenters. The van der Waals surface area contributed by atoms with E-state index in [9.17, 15) is 4.39 Å². The summed E-state index contributed by atoms with van der Waals surface area (Å²) in [4.78, 5) is -0.0244. The zero-order valence-electron chi connectivity index (χ0n) is 11.5. The Hall–Kier alpha value is -0.860. The number of hydrogen-bond donors (Lipinski definition) is 0. The molecule has 0 bridgehead atoms. The molecule has 2 aromatic rings. The second kappa shape index (κ2) is 6.73. The van der Waals surface area contributed by atoms with E-state index in [-0.39, 0.29) is 10.6 Å². The standard InChI is InChI=1S/C17H17BrClF/c1-11(2)9-12-3-5-13(6-4-12)17(18)15-8-7-14(20)10-16(15)19/h3-8,10-11,17H,9H2,1-2H3. The molecule has 0 heterocycles. The van der Waals surface area contributed by atoms with E-state index in [2.05, 4.69) is 54.0 Å². The van der Waals surface area contributed by atoms with E-state index in [1.54, 1.807) is 6.07 Å². The molecule has 0 fully saturated rings. The fourth-order valence-electron chi connectivity index (χ4n) is 2.18. The summed E-state index contributed by atoms with van der Waals surface area (Å²) in [7, 11) is 0. The summed E-state index contributed by atoms with van der Waals surface area (Å²) in [6.45, 7) is 4.42. The third-order valence-electron chi connectivity index (χ3n) is 3.15. The molecule has 0 spiro atoms. The first-order valence-corrected chi connectivity index (χ1v) is 7.94. The van der Waals surface area contributed by atoms with Gasteiger partial charge in [-0.1, -0.05) is 71.7 Å². The highest BCUT2D eigenvalue weighted by Gasteiger charge is 2.14. The smallest absolute Gasteiger partial charge is 0.124 e. The molecule has 1 atom stereocenters. The number of rotatable bonds is 4. The van der Waals surface area contributed by atoms with Crippen molar-refractivity contribution < 1.29 is 4.39 Å². The monoisotopic (exact) mass is 354 g/mol. The molecule has 106 valence electrons. The zero-order chi connectivity index (χ0) is 14.7. The van der Waals surface area contributed by atoms with Gasteiger partial charge in [0.05, 0.1) is 4.83 Å². The van der Waals surface area contributed by atoms with Crippen LogP contribution < -0.4 is 0 Å². The van der Waals surface area contributed by atoms with Crippen LogP contribution in [0, 0.1) is 11.7 Å². The number of halogens is 3. The maximum Gasteiger partial charge on any atom is 0.124 e. The van der Waals surface area contributed by atoms with Crippen LogP contribution in [-0.4, -0.2) is 0 Å². The Bertz CT molecular complexity index is 578. The van der Waals surface area contributed by atoms with Crippen LogP contribution in [0.5, 0.6) is 0 Å². The molecule has 0 saturated carbocycles. The summed E-state index contributed by atoms with van der Waals surface area (Å²) >= 11 is 9.74. The van der Waals surface area contributed by atoms with Crippen LogP contribution in [0.3, 0.4) is 0 Å². The van der Waals surface area contributed by atoms with Crippen LogP contribution in [0.15, 0.2) is 42.5 Å².